The highest BCUT2D eigenvalue weighted by Crippen LogP contribution is 2.36. The van der Waals surface area contributed by atoms with E-state index in [4.69, 9.17) is 0 Å². The quantitative estimate of drug-likeness (QED) is 0.560. The van der Waals surface area contributed by atoms with Crippen LogP contribution in [-0.4, -0.2) is 20.0 Å². The number of hydrogen-bond donors (Lipinski definition) is 1. The molecule has 0 saturated heterocycles. The Labute approximate surface area is 180 Å². The van der Waals surface area contributed by atoms with Gasteiger partial charge in [0, 0.05) is 16.7 Å². The highest BCUT2D eigenvalue weighted by molar-refractivity contribution is 7.90. The Bertz CT molecular complexity index is 1400. The van der Waals surface area contributed by atoms with E-state index in [-0.39, 0.29) is 27.9 Å². The molecule has 0 bridgehead atoms. The zero-order valence-corrected chi connectivity index (χ0v) is 17.2. The number of aryl methyl sites for hydroxylation is 1. The number of fused-ring (bicyclic) bond motifs is 1. The summed E-state index contributed by atoms with van der Waals surface area (Å²) < 4.78 is 81.7. The SMILES string of the molecule is Cc1ccccc1C1=NS(=O)(=O)c2cccc(NC(=O)c3cc(F)cc(C(F)(F)F)c3)c21. The minimum absolute atomic E-state index is 0.0217. The Morgan fingerprint density at radius 1 is 1.00 bits per heavy atom. The predicted molar refractivity (Wildman–Crippen MR) is 110 cm³/mol. The van der Waals surface area contributed by atoms with Crippen LogP contribution in [0, 0.1) is 12.7 Å². The summed E-state index contributed by atoms with van der Waals surface area (Å²) in [5.41, 5.74) is -0.395. The van der Waals surface area contributed by atoms with E-state index in [1.807, 2.05) is 0 Å². The number of nitrogens with one attached hydrogen (secondary N) is 1. The number of carbonyl (C=O) groups excluding carboxylic acids is 1. The van der Waals surface area contributed by atoms with Gasteiger partial charge in [-0.05, 0) is 42.8 Å². The molecule has 32 heavy (non-hydrogen) atoms. The number of benzene rings is 3. The Morgan fingerprint density at radius 3 is 2.41 bits per heavy atom. The van der Waals surface area contributed by atoms with E-state index < -0.39 is 39.1 Å². The summed E-state index contributed by atoms with van der Waals surface area (Å²) in [6, 6.07) is 12.4. The number of nitrogens with zero attached hydrogens (tertiary/aromatic N) is 1. The summed E-state index contributed by atoms with van der Waals surface area (Å²) in [6.45, 7) is 1.76. The van der Waals surface area contributed by atoms with Crippen molar-refractivity contribution in [1.29, 1.82) is 0 Å². The zero-order valence-electron chi connectivity index (χ0n) is 16.4. The number of carbonyl (C=O) groups is 1. The molecule has 0 aliphatic carbocycles. The van der Waals surface area contributed by atoms with Crippen LogP contribution in [0.2, 0.25) is 0 Å². The van der Waals surface area contributed by atoms with Gasteiger partial charge in [0.2, 0.25) is 0 Å². The van der Waals surface area contributed by atoms with Crippen molar-refractivity contribution in [3.63, 3.8) is 0 Å². The van der Waals surface area contributed by atoms with Crippen molar-refractivity contribution in [2.75, 3.05) is 5.32 Å². The van der Waals surface area contributed by atoms with Crippen molar-refractivity contribution >= 4 is 27.3 Å². The van der Waals surface area contributed by atoms with Crippen molar-refractivity contribution in [2.24, 2.45) is 4.40 Å². The normalized spacial score (nSPS) is 14.6. The standard InChI is InChI=1S/C22H14F4N2O3S/c1-12-5-2-3-6-16(12)20-19-17(7-4-8-18(19)32(30,31)28-20)27-21(29)13-9-14(22(24,25)26)11-15(23)10-13/h2-11H,1H3,(H,27,29). The van der Waals surface area contributed by atoms with Crippen molar-refractivity contribution in [1.82, 2.24) is 0 Å². The Kier molecular flexibility index (Phi) is 5.12. The average molecular weight is 462 g/mol. The molecule has 10 heteroatoms. The van der Waals surface area contributed by atoms with Gasteiger partial charge in [-0.2, -0.15) is 26.0 Å². The minimum atomic E-state index is -4.84. The summed E-state index contributed by atoms with van der Waals surface area (Å²) >= 11 is 0. The van der Waals surface area contributed by atoms with Gasteiger partial charge < -0.3 is 5.32 Å². The minimum Gasteiger partial charge on any atom is -0.321 e. The van der Waals surface area contributed by atoms with Gasteiger partial charge >= 0.3 is 6.18 Å². The third kappa shape index (κ3) is 3.89. The van der Waals surface area contributed by atoms with Gasteiger partial charge in [0.15, 0.2) is 0 Å². The lowest BCUT2D eigenvalue weighted by Gasteiger charge is -2.14. The van der Waals surface area contributed by atoms with Crippen LogP contribution in [0.25, 0.3) is 0 Å². The highest BCUT2D eigenvalue weighted by Gasteiger charge is 2.34. The van der Waals surface area contributed by atoms with E-state index >= 15 is 0 Å². The summed E-state index contributed by atoms with van der Waals surface area (Å²) in [5.74, 6) is -2.26. The van der Waals surface area contributed by atoms with Crippen LogP contribution >= 0.6 is 0 Å². The molecule has 1 heterocycles. The molecule has 1 aliphatic heterocycles. The first kappa shape index (κ1) is 21.7. The van der Waals surface area contributed by atoms with Crippen molar-refractivity contribution in [3.05, 3.63) is 94.3 Å². The van der Waals surface area contributed by atoms with Crippen molar-refractivity contribution in [3.8, 4) is 0 Å². The number of anilines is 1. The van der Waals surface area contributed by atoms with Crippen LogP contribution in [0.1, 0.15) is 32.6 Å². The van der Waals surface area contributed by atoms with Crippen molar-refractivity contribution < 1.29 is 30.8 Å². The lowest BCUT2D eigenvalue weighted by atomic mass is 9.97. The fourth-order valence-electron chi connectivity index (χ4n) is 3.41. The van der Waals surface area contributed by atoms with Gasteiger partial charge in [0.25, 0.3) is 15.9 Å². The maximum absolute atomic E-state index is 13.7. The summed E-state index contributed by atoms with van der Waals surface area (Å²) in [7, 11) is -4.05. The molecule has 1 aliphatic rings. The Hall–Kier alpha value is -3.53. The van der Waals surface area contributed by atoms with Gasteiger partial charge in [-0.3, -0.25) is 4.79 Å². The maximum Gasteiger partial charge on any atom is 0.416 e. The molecule has 0 radical (unpaired) electrons. The fourth-order valence-corrected chi connectivity index (χ4v) is 4.65. The molecule has 0 atom stereocenters. The van der Waals surface area contributed by atoms with Gasteiger partial charge in [-0.1, -0.05) is 30.3 Å². The molecule has 1 N–H and O–H groups in total. The lowest BCUT2D eigenvalue weighted by Crippen LogP contribution is -2.17. The third-order valence-corrected chi connectivity index (χ3v) is 6.21. The molecule has 4 rings (SSSR count). The molecule has 0 aromatic heterocycles. The van der Waals surface area contributed by atoms with E-state index in [1.54, 1.807) is 31.2 Å². The molecule has 0 unspecified atom stereocenters. The van der Waals surface area contributed by atoms with E-state index in [1.165, 1.54) is 18.2 Å². The number of halogens is 4. The number of sulfonamides is 1. The van der Waals surface area contributed by atoms with Crippen LogP contribution in [0.15, 0.2) is 70.0 Å². The lowest BCUT2D eigenvalue weighted by molar-refractivity contribution is -0.137. The molecule has 1 amide bonds. The van der Waals surface area contributed by atoms with Crippen LogP contribution in [0.3, 0.4) is 0 Å². The third-order valence-electron chi connectivity index (χ3n) is 4.89. The van der Waals surface area contributed by atoms with Gasteiger partial charge in [0.05, 0.1) is 17.0 Å². The van der Waals surface area contributed by atoms with E-state index in [0.29, 0.717) is 17.7 Å². The Morgan fingerprint density at radius 2 is 1.72 bits per heavy atom. The number of amides is 1. The second-order valence-corrected chi connectivity index (χ2v) is 8.66. The second kappa shape index (κ2) is 7.56. The summed E-state index contributed by atoms with van der Waals surface area (Å²) in [6.07, 6.45) is -4.84. The average Bonchev–Trinajstić information content (AvgIpc) is 2.99. The first-order chi connectivity index (χ1) is 15.0. The molecule has 3 aromatic carbocycles. The predicted octanol–water partition coefficient (Wildman–Crippen LogP) is 4.94. The zero-order chi connectivity index (χ0) is 23.3. The molecule has 0 spiro atoms. The molecule has 5 nitrogen and oxygen atoms in total. The van der Waals surface area contributed by atoms with Gasteiger partial charge in [0.1, 0.15) is 10.7 Å². The fraction of sp³-hybridized carbons (Fsp3) is 0.0909. The van der Waals surface area contributed by atoms with Crippen LogP contribution in [-0.2, 0) is 16.2 Å². The highest BCUT2D eigenvalue weighted by atomic mass is 32.2. The topological polar surface area (TPSA) is 75.6 Å². The molecular formula is C22H14F4N2O3S. The van der Waals surface area contributed by atoms with Crippen LogP contribution < -0.4 is 5.32 Å². The molecular weight excluding hydrogens is 448 g/mol. The molecule has 3 aromatic rings. The molecule has 0 fully saturated rings. The number of hydrogen-bond acceptors (Lipinski definition) is 3. The van der Waals surface area contributed by atoms with Crippen LogP contribution in [0.4, 0.5) is 23.2 Å². The number of rotatable bonds is 3. The van der Waals surface area contributed by atoms with Gasteiger partial charge in [-0.25, -0.2) is 4.39 Å². The van der Waals surface area contributed by atoms with Gasteiger partial charge in [-0.15, -0.1) is 0 Å². The maximum atomic E-state index is 13.7. The first-order valence-corrected chi connectivity index (χ1v) is 10.6. The van der Waals surface area contributed by atoms with E-state index in [9.17, 15) is 30.8 Å². The van der Waals surface area contributed by atoms with E-state index in [0.717, 1.165) is 5.56 Å². The second-order valence-electron chi connectivity index (χ2n) is 7.09. The molecule has 0 saturated carbocycles. The monoisotopic (exact) mass is 462 g/mol. The molecule has 164 valence electrons. The summed E-state index contributed by atoms with van der Waals surface area (Å²) in [5, 5.41) is 2.40. The van der Waals surface area contributed by atoms with E-state index in [2.05, 4.69) is 9.71 Å². The largest absolute Gasteiger partial charge is 0.416 e. The number of alkyl halides is 3. The first-order valence-electron chi connectivity index (χ1n) is 9.21. The summed E-state index contributed by atoms with van der Waals surface area (Å²) in [4.78, 5) is 12.5. The Balaban J connectivity index is 1.80. The smallest absolute Gasteiger partial charge is 0.321 e. The van der Waals surface area contributed by atoms with Crippen LogP contribution in [0.5, 0.6) is 0 Å². The van der Waals surface area contributed by atoms with Crippen molar-refractivity contribution in [2.45, 2.75) is 18.0 Å².